The molecule has 0 fully saturated rings. The van der Waals surface area contributed by atoms with Gasteiger partial charge in [-0.15, -0.1) is 10.2 Å². The average Bonchev–Trinajstić information content (AvgIpc) is 2.93. The Morgan fingerprint density at radius 2 is 2.00 bits per heavy atom. The van der Waals surface area contributed by atoms with Crippen molar-refractivity contribution < 1.29 is 26.9 Å². The minimum atomic E-state index is -0.229. The predicted molar refractivity (Wildman–Crippen MR) is 78.9 cm³/mol. The number of thioether (sulfide) groups is 2. The van der Waals surface area contributed by atoms with E-state index in [4.69, 9.17) is 4.42 Å². The van der Waals surface area contributed by atoms with E-state index < -0.39 is 0 Å². The number of nitrogens with zero attached hydrogens (tertiary/aromatic N) is 2. The van der Waals surface area contributed by atoms with Crippen LogP contribution in [0.1, 0.15) is 23.9 Å². The maximum atomic E-state index is 12.8. The summed E-state index contributed by atoms with van der Waals surface area (Å²) in [5.41, 5.74) is 5.04. The Labute approximate surface area is 137 Å². The fraction of sp³-hybridized carbons (Fsp3) is 0.385. The van der Waals surface area contributed by atoms with Crippen molar-refractivity contribution in [2.45, 2.75) is 23.4 Å². The molecule has 116 valence electrons. The van der Waals surface area contributed by atoms with Crippen LogP contribution >= 0.6 is 23.5 Å². The molecule has 0 aliphatic heterocycles. The second-order valence-electron chi connectivity index (χ2n) is 4.30. The first-order valence-electron chi connectivity index (χ1n) is 6.21. The van der Waals surface area contributed by atoms with Crippen molar-refractivity contribution in [3.8, 4) is 0 Å². The van der Waals surface area contributed by atoms with E-state index >= 15 is 0 Å². The Balaban J connectivity index is 0.00000220. The third-order valence-corrected chi connectivity index (χ3v) is 4.25. The molecule has 0 aliphatic rings. The Hall–Kier alpha value is -0.760. The maximum Gasteiger partial charge on any atom is 0.277 e. The lowest BCUT2D eigenvalue weighted by molar-refractivity contribution is -0.432. The molecule has 0 saturated carbocycles. The lowest BCUT2D eigenvalue weighted by atomic mass is 10.2. The zero-order valence-corrected chi connectivity index (χ0v) is 14.0. The van der Waals surface area contributed by atoms with E-state index in [9.17, 15) is 4.39 Å². The minimum absolute atomic E-state index is 0. The highest BCUT2D eigenvalue weighted by molar-refractivity contribution is 7.98. The van der Waals surface area contributed by atoms with Crippen LogP contribution < -0.4 is 18.1 Å². The number of hydrogen-bond acceptors (Lipinski definition) is 5. The maximum absolute atomic E-state index is 12.8. The predicted octanol–water partition coefficient (Wildman–Crippen LogP) is -0.459. The third-order valence-electron chi connectivity index (χ3n) is 2.72. The van der Waals surface area contributed by atoms with Crippen LogP contribution in [-0.4, -0.2) is 22.2 Å². The zero-order chi connectivity index (χ0) is 14.4. The van der Waals surface area contributed by atoms with Gasteiger partial charge in [0.25, 0.3) is 11.1 Å². The largest absolute Gasteiger partial charge is 1.00 e. The summed E-state index contributed by atoms with van der Waals surface area (Å²) in [6.07, 6.45) is 2.98. The molecule has 4 nitrogen and oxygen atoms in total. The number of rotatable bonds is 7. The summed E-state index contributed by atoms with van der Waals surface area (Å²) in [5.74, 6) is 2.05. The average molecular weight is 350 g/mol. The van der Waals surface area contributed by atoms with Crippen LogP contribution in [0.5, 0.6) is 0 Å². The fourth-order valence-electron chi connectivity index (χ4n) is 1.55. The third kappa shape index (κ3) is 5.86. The van der Waals surface area contributed by atoms with Gasteiger partial charge in [0.05, 0.1) is 0 Å². The van der Waals surface area contributed by atoms with Gasteiger partial charge in [-0.25, -0.2) is 4.39 Å². The van der Waals surface area contributed by atoms with Crippen LogP contribution in [0.4, 0.5) is 4.39 Å². The molecule has 2 aromatic rings. The van der Waals surface area contributed by atoms with Crippen LogP contribution in [0.15, 0.2) is 33.9 Å². The highest BCUT2D eigenvalue weighted by Gasteiger charge is 2.17. The molecule has 0 amide bonds. The molecule has 8 heteroatoms. The highest BCUT2D eigenvalue weighted by atomic mass is 35.5. The lowest BCUT2D eigenvalue weighted by Gasteiger charge is -2.01. The molecule has 0 bridgehead atoms. The van der Waals surface area contributed by atoms with Gasteiger partial charge < -0.3 is 22.6 Å². The number of benzene rings is 1. The molecule has 2 rings (SSSR count). The molecule has 21 heavy (non-hydrogen) atoms. The molecule has 0 aliphatic carbocycles. The van der Waals surface area contributed by atoms with Crippen LogP contribution in [0.25, 0.3) is 0 Å². The van der Waals surface area contributed by atoms with Crippen molar-refractivity contribution in [3.63, 3.8) is 0 Å². The molecule has 0 radical (unpaired) electrons. The SMILES string of the molecule is CSCC[C@H]([NH3+])c1nnc(SCc2ccc(F)cc2)o1.[Cl-]. The van der Waals surface area contributed by atoms with E-state index in [1.807, 2.05) is 0 Å². The van der Waals surface area contributed by atoms with Gasteiger partial charge in [0.15, 0.2) is 6.04 Å². The van der Waals surface area contributed by atoms with E-state index in [0.717, 1.165) is 17.7 Å². The van der Waals surface area contributed by atoms with Crippen molar-refractivity contribution >= 4 is 23.5 Å². The summed E-state index contributed by atoms with van der Waals surface area (Å²) in [5, 5.41) is 8.56. The van der Waals surface area contributed by atoms with Gasteiger partial charge in [-0.1, -0.05) is 23.9 Å². The quantitative estimate of drug-likeness (QED) is 0.685. The van der Waals surface area contributed by atoms with Crippen LogP contribution in [0.2, 0.25) is 0 Å². The van der Waals surface area contributed by atoms with E-state index in [2.05, 4.69) is 22.2 Å². The van der Waals surface area contributed by atoms with Crippen molar-refractivity contribution in [3.05, 3.63) is 41.5 Å². The summed E-state index contributed by atoms with van der Waals surface area (Å²) in [6.45, 7) is 0. The van der Waals surface area contributed by atoms with E-state index in [0.29, 0.717) is 16.9 Å². The molecule has 0 unspecified atom stereocenters. The standard InChI is InChI=1S/C13H16FN3OS2.ClH/c1-19-7-6-11(15)12-16-17-13(18-12)20-8-9-2-4-10(14)5-3-9;/h2-5,11H,6-8,15H2,1H3;1H/t11-;/m0./s1. The first kappa shape index (κ1) is 18.3. The minimum Gasteiger partial charge on any atom is -1.00 e. The molecule has 1 aromatic heterocycles. The summed E-state index contributed by atoms with van der Waals surface area (Å²) < 4.78 is 18.4. The van der Waals surface area contributed by atoms with E-state index in [-0.39, 0.29) is 24.3 Å². The first-order valence-corrected chi connectivity index (χ1v) is 8.59. The topological polar surface area (TPSA) is 66.6 Å². The van der Waals surface area contributed by atoms with Gasteiger partial charge in [0, 0.05) is 12.2 Å². The second kappa shape index (κ2) is 9.30. The number of aromatic nitrogens is 2. The Bertz CT molecular complexity index is 538. The molecule has 1 atom stereocenters. The molecule has 1 heterocycles. The van der Waals surface area contributed by atoms with E-state index in [1.54, 1.807) is 23.9 Å². The Morgan fingerprint density at radius 3 is 2.67 bits per heavy atom. The number of quaternary nitrogens is 1. The normalized spacial score (nSPS) is 12.0. The van der Waals surface area contributed by atoms with E-state index in [1.165, 1.54) is 23.9 Å². The van der Waals surface area contributed by atoms with Crippen LogP contribution in [0.3, 0.4) is 0 Å². The summed E-state index contributed by atoms with van der Waals surface area (Å²) in [4.78, 5) is 0. The van der Waals surface area contributed by atoms with Crippen molar-refractivity contribution in [1.82, 2.24) is 10.2 Å². The first-order chi connectivity index (χ1) is 9.69. The Morgan fingerprint density at radius 1 is 1.29 bits per heavy atom. The molecule has 0 saturated heterocycles. The molecular weight excluding hydrogens is 333 g/mol. The summed E-state index contributed by atoms with van der Waals surface area (Å²) >= 11 is 3.22. The molecule has 0 spiro atoms. The summed E-state index contributed by atoms with van der Waals surface area (Å²) in [6, 6.07) is 6.44. The van der Waals surface area contributed by atoms with Gasteiger partial charge in [-0.2, -0.15) is 11.8 Å². The second-order valence-corrected chi connectivity index (χ2v) is 6.21. The van der Waals surface area contributed by atoms with Crippen molar-refractivity contribution in [1.29, 1.82) is 0 Å². The number of hydrogen-bond donors (Lipinski definition) is 1. The smallest absolute Gasteiger partial charge is 0.277 e. The van der Waals surface area contributed by atoms with Crippen LogP contribution in [0, 0.1) is 5.82 Å². The van der Waals surface area contributed by atoms with Gasteiger partial charge in [-0.05, 0) is 29.7 Å². The molecular formula is C13H17ClFN3OS2. The lowest BCUT2D eigenvalue weighted by Crippen LogP contribution is -3.00. The van der Waals surface area contributed by atoms with Gasteiger partial charge in [-0.3, -0.25) is 0 Å². The van der Waals surface area contributed by atoms with Crippen molar-refractivity contribution in [2.24, 2.45) is 0 Å². The monoisotopic (exact) mass is 349 g/mol. The zero-order valence-electron chi connectivity index (χ0n) is 11.6. The number of halogens is 2. The van der Waals surface area contributed by atoms with Crippen molar-refractivity contribution in [2.75, 3.05) is 12.0 Å². The highest BCUT2D eigenvalue weighted by Crippen LogP contribution is 2.23. The van der Waals surface area contributed by atoms with Gasteiger partial charge in [0.2, 0.25) is 0 Å². The van der Waals surface area contributed by atoms with Gasteiger partial charge >= 0.3 is 0 Å². The fourth-order valence-corrected chi connectivity index (χ4v) is 2.80. The molecule has 3 N–H and O–H groups in total. The van der Waals surface area contributed by atoms with Gasteiger partial charge in [0.1, 0.15) is 5.82 Å². The Kier molecular flexibility index (Phi) is 8.10. The summed E-state index contributed by atoms with van der Waals surface area (Å²) in [7, 11) is 0. The molecule has 1 aromatic carbocycles. The van der Waals surface area contributed by atoms with Crippen LogP contribution in [-0.2, 0) is 5.75 Å².